The van der Waals surface area contributed by atoms with E-state index >= 15 is 0 Å². The molecule has 1 unspecified atom stereocenters. The summed E-state index contributed by atoms with van der Waals surface area (Å²) in [6.45, 7) is 0. The van der Waals surface area contributed by atoms with E-state index in [0.29, 0.717) is 10.5 Å². The van der Waals surface area contributed by atoms with Gasteiger partial charge >= 0.3 is 6.18 Å². The number of nitrogens with one attached hydrogen (secondary N) is 1. The summed E-state index contributed by atoms with van der Waals surface area (Å²) < 4.78 is 46.7. The molecule has 7 nitrogen and oxygen atoms in total. The van der Waals surface area contributed by atoms with Gasteiger partial charge in [-0.1, -0.05) is 42.1 Å². The fourth-order valence-corrected chi connectivity index (χ4v) is 3.78. The fraction of sp³-hybridized carbons (Fsp3) is 0.200. The molecule has 11 heteroatoms. The van der Waals surface area contributed by atoms with Gasteiger partial charge in [-0.05, 0) is 24.3 Å². The van der Waals surface area contributed by atoms with Gasteiger partial charge in [-0.3, -0.25) is 14.5 Å². The zero-order valence-corrected chi connectivity index (χ0v) is 16.6. The minimum absolute atomic E-state index is 0.0169. The molecule has 31 heavy (non-hydrogen) atoms. The lowest BCUT2D eigenvalue weighted by atomic mass is 10.1. The number of thioether (sulfide) groups is 1. The van der Waals surface area contributed by atoms with Crippen LogP contribution in [0.25, 0.3) is 11.5 Å². The molecule has 0 aliphatic carbocycles. The van der Waals surface area contributed by atoms with Crippen LogP contribution >= 0.6 is 11.8 Å². The molecule has 0 radical (unpaired) electrons. The van der Waals surface area contributed by atoms with Gasteiger partial charge in [0.1, 0.15) is 6.04 Å². The molecule has 1 aromatic heterocycles. The molecule has 0 spiro atoms. The first-order valence-corrected chi connectivity index (χ1v) is 10.1. The Morgan fingerprint density at radius 2 is 1.84 bits per heavy atom. The maximum Gasteiger partial charge on any atom is 0.409 e. The van der Waals surface area contributed by atoms with E-state index in [1.807, 2.05) is 6.07 Å². The minimum atomic E-state index is -4.79. The van der Waals surface area contributed by atoms with E-state index in [4.69, 9.17) is 4.42 Å². The zero-order chi connectivity index (χ0) is 22.0. The molecule has 1 atom stereocenters. The highest BCUT2D eigenvalue weighted by atomic mass is 32.2. The summed E-state index contributed by atoms with van der Waals surface area (Å²) in [6, 6.07) is 12.5. The monoisotopic (exact) mass is 448 g/mol. The van der Waals surface area contributed by atoms with Crippen molar-refractivity contribution in [3.8, 4) is 11.5 Å². The van der Waals surface area contributed by atoms with Crippen LogP contribution in [0.15, 0.2) is 64.2 Å². The van der Waals surface area contributed by atoms with Crippen LogP contribution < -0.4 is 10.2 Å². The lowest BCUT2D eigenvalue weighted by Crippen LogP contribution is -2.50. The second-order valence-corrected chi connectivity index (χ2v) is 7.55. The number of amides is 2. The van der Waals surface area contributed by atoms with Gasteiger partial charge in [0.05, 0.1) is 23.5 Å². The van der Waals surface area contributed by atoms with Gasteiger partial charge in [0, 0.05) is 5.56 Å². The van der Waals surface area contributed by atoms with Crippen molar-refractivity contribution >= 4 is 35.0 Å². The Morgan fingerprint density at radius 3 is 2.58 bits per heavy atom. The van der Waals surface area contributed by atoms with Crippen molar-refractivity contribution < 1.29 is 27.2 Å². The maximum atomic E-state index is 13.7. The Bertz CT molecular complexity index is 1100. The zero-order valence-electron chi connectivity index (χ0n) is 15.8. The van der Waals surface area contributed by atoms with Gasteiger partial charge in [0.25, 0.3) is 5.22 Å². The smallest absolute Gasteiger partial charge is 0.409 e. The molecule has 2 aromatic carbocycles. The number of alkyl halides is 3. The molecule has 3 aromatic rings. The number of fused-ring (bicyclic) bond motifs is 1. The predicted molar refractivity (Wildman–Crippen MR) is 107 cm³/mol. The summed E-state index contributed by atoms with van der Waals surface area (Å²) in [6.07, 6.45) is -5.69. The Kier molecular flexibility index (Phi) is 5.68. The molecule has 0 bridgehead atoms. The third-order valence-corrected chi connectivity index (χ3v) is 5.32. The van der Waals surface area contributed by atoms with Crippen molar-refractivity contribution in [1.29, 1.82) is 0 Å². The van der Waals surface area contributed by atoms with E-state index in [9.17, 15) is 22.8 Å². The standard InChI is InChI=1S/C20H15F3N4O3S/c21-20(22,23)15-10-16(28)24-13-8-4-5-9-14(13)27(15)17(29)11-31-19-26-25-18(30-19)12-6-2-1-3-7-12/h1-9,15H,10-11H2,(H,24,28). The van der Waals surface area contributed by atoms with Gasteiger partial charge in [0.15, 0.2) is 0 Å². The van der Waals surface area contributed by atoms with E-state index in [-0.39, 0.29) is 28.2 Å². The highest BCUT2D eigenvalue weighted by Crippen LogP contribution is 2.38. The molecule has 160 valence electrons. The normalized spacial score (nSPS) is 16.4. The number of nitrogens with zero attached hydrogens (tertiary/aromatic N) is 3. The molecule has 4 rings (SSSR count). The molecular formula is C20H15F3N4O3S. The molecule has 0 saturated carbocycles. The van der Waals surface area contributed by atoms with E-state index in [1.54, 1.807) is 30.3 Å². The number of hydrogen-bond acceptors (Lipinski definition) is 6. The number of halogens is 3. The molecule has 2 heterocycles. The van der Waals surface area contributed by atoms with Crippen molar-refractivity contribution in [1.82, 2.24) is 10.2 Å². The van der Waals surface area contributed by atoms with Crippen LogP contribution in [0, 0.1) is 0 Å². The Hall–Kier alpha value is -3.34. The van der Waals surface area contributed by atoms with Crippen molar-refractivity contribution in [2.24, 2.45) is 0 Å². The van der Waals surface area contributed by atoms with Crippen molar-refractivity contribution in [3.05, 3.63) is 54.6 Å². The van der Waals surface area contributed by atoms with Crippen molar-refractivity contribution in [3.63, 3.8) is 0 Å². The number of aromatic nitrogens is 2. The van der Waals surface area contributed by atoms with E-state index < -0.39 is 30.5 Å². The molecule has 1 aliphatic heterocycles. The summed E-state index contributed by atoms with van der Waals surface area (Å²) in [4.78, 5) is 25.5. The molecule has 0 fully saturated rings. The van der Waals surface area contributed by atoms with Crippen LogP contribution in [0.5, 0.6) is 0 Å². The number of hydrogen-bond donors (Lipinski definition) is 1. The first kappa shape index (κ1) is 20.9. The van der Waals surface area contributed by atoms with Crippen LogP contribution in [0.2, 0.25) is 0 Å². The van der Waals surface area contributed by atoms with Crippen LogP contribution in [0.4, 0.5) is 24.5 Å². The highest BCUT2D eigenvalue weighted by molar-refractivity contribution is 7.99. The number of carbonyl (C=O) groups excluding carboxylic acids is 2. The Morgan fingerprint density at radius 1 is 1.13 bits per heavy atom. The van der Waals surface area contributed by atoms with E-state index in [1.165, 1.54) is 18.2 Å². The average molecular weight is 448 g/mol. The Labute approximate surface area is 178 Å². The van der Waals surface area contributed by atoms with Crippen LogP contribution in [0.1, 0.15) is 6.42 Å². The first-order valence-electron chi connectivity index (χ1n) is 9.12. The number of anilines is 2. The summed E-state index contributed by atoms with van der Waals surface area (Å²) in [5.74, 6) is -1.80. The van der Waals surface area contributed by atoms with Gasteiger partial charge < -0.3 is 9.73 Å². The second kappa shape index (κ2) is 8.42. The summed E-state index contributed by atoms with van der Waals surface area (Å²) in [5, 5.41) is 10.2. The largest absolute Gasteiger partial charge is 0.411 e. The number of benzene rings is 2. The summed E-state index contributed by atoms with van der Waals surface area (Å²) >= 11 is 0.828. The lowest BCUT2D eigenvalue weighted by molar-refractivity contribution is -0.157. The maximum absolute atomic E-state index is 13.7. The highest BCUT2D eigenvalue weighted by Gasteiger charge is 2.48. The average Bonchev–Trinajstić information content (AvgIpc) is 3.15. The number of rotatable bonds is 4. The summed E-state index contributed by atoms with van der Waals surface area (Å²) in [5.41, 5.74) is 0.801. The fourth-order valence-electron chi connectivity index (χ4n) is 3.15. The van der Waals surface area contributed by atoms with Crippen molar-refractivity contribution in [2.75, 3.05) is 16.0 Å². The van der Waals surface area contributed by atoms with Crippen LogP contribution in [-0.2, 0) is 9.59 Å². The van der Waals surface area contributed by atoms with E-state index in [2.05, 4.69) is 15.5 Å². The topological polar surface area (TPSA) is 88.3 Å². The lowest BCUT2D eigenvalue weighted by Gasteiger charge is -2.31. The van der Waals surface area contributed by atoms with Gasteiger partial charge in [-0.25, -0.2) is 0 Å². The first-order chi connectivity index (χ1) is 14.8. The van der Waals surface area contributed by atoms with Gasteiger partial charge in [0.2, 0.25) is 17.7 Å². The summed E-state index contributed by atoms with van der Waals surface area (Å²) in [7, 11) is 0. The molecular weight excluding hydrogens is 433 g/mol. The van der Waals surface area contributed by atoms with Crippen LogP contribution in [0.3, 0.4) is 0 Å². The SMILES string of the molecule is O=C1CC(C(F)(F)F)N(C(=O)CSc2nnc(-c3ccccc3)o2)c2ccccc2N1. The molecule has 2 amide bonds. The molecule has 1 N–H and O–H groups in total. The third kappa shape index (κ3) is 4.55. The third-order valence-electron chi connectivity index (χ3n) is 4.52. The van der Waals surface area contributed by atoms with Crippen LogP contribution in [-0.4, -0.2) is 40.0 Å². The minimum Gasteiger partial charge on any atom is -0.411 e. The second-order valence-electron chi connectivity index (χ2n) is 6.62. The van der Waals surface area contributed by atoms with Crippen molar-refractivity contribution in [2.45, 2.75) is 23.9 Å². The predicted octanol–water partition coefficient (Wildman–Crippen LogP) is 4.14. The molecule has 1 aliphatic rings. The molecule has 0 saturated heterocycles. The Balaban J connectivity index is 1.57. The van der Waals surface area contributed by atoms with E-state index in [0.717, 1.165) is 11.8 Å². The quantitative estimate of drug-likeness (QED) is 0.604. The van der Waals surface area contributed by atoms with Gasteiger partial charge in [-0.2, -0.15) is 13.2 Å². The number of carbonyl (C=O) groups is 2. The van der Waals surface area contributed by atoms with Gasteiger partial charge in [-0.15, -0.1) is 10.2 Å². The number of para-hydroxylation sites is 2.